The van der Waals surface area contributed by atoms with Gasteiger partial charge in [0.1, 0.15) is 17.5 Å². The van der Waals surface area contributed by atoms with Crippen molar-refractivity contribution in [3.8, 4) is 5.75 Å². The van der Waals surface area contributed by atoms with E-state index in [4.69, 9.17) is 14.2 Å². The van der Waals surface area contributed by atoms with E-state index >= 15 is 0 Å². The van der Waals surface area contributed by atoms with E-state index in [1.807, 2.05) is 24.3 Å². The molecule has 218 valence electrons. The fraction of sp³-hybridized carbons (Fsp3) is 0.486. The van der Waals surface area contributed by atoms with E-state index in [9.17, 15) is 4.79 Å². The second-order valence-corrected chi connectivity index (χ2v) is 13.2. The highest BCUT2D eigenvalue weighted by molar-refractivity contribution is 5.78. The molecule has 0 aliphatic heterocycles. The number of hydrogen-bond donors (Lipinski definition) is 0. The van der Waals surface area contributed by atoms with Crippen molar-refractivity contribution in [3.05, 3.63) is 102 Å². The SMILES string of the molecule is COc1ccc(C(OCC2C(C(=O)OC3CC(C)CCC3C(C)C)C2(C)C)(c2ccccc2)c2ccccc2)cc1. The third kappa shape index (κ3) is 5.81. The summed E-state index contributed by atoms with van der Waals surface area (Å²) >= 11 is 0. The van der Waals surface area contributed by atoms with E-state index < -0.39 is 5.60 Å². The zero-order chi connectivity index (χ0) is 29.2. The van der Waals surface area contributed by atoms with E-state index in [-0.39, 0.29) is 29.3 Å². The van der Waals surface area contributed by atoms with Gasteiger partial charge in [0.05, 0.1) is 19.6 Å². The van der Waals surface area contributed by atoms with Crippen LogP contribution in [0.3, 0.4) is 0 Å². The summed E-state index contributed by atoms with van der Waals surface area (Å²) in [5.41, 5.74) is 2.08. The minimum Gasteiger partial charge on any atom is -0.497 e. The van der Waals surface area contributed by atoms with Crippen LogP contribution in [0.1, 0.15) is 70.6 Å². The van der Waals surface area contributed by atoms with Crippen LogP contribution in [0.15, 0.2) is 84.9 Å². The van der Waals surface area contributed by atoms with Gasteiger partial charge < -0.3 is 14.2 Å². The molecule has 5 atom stereocenters. The van der Waals surface area contributed by atoms with Gasteiger partial charge in [-0.25, -0.2) is 0 Å². The van der Waals surface area contributed by atoms with Crippen LogP contribution in [0.5, 0.6) is 5.75 Å². The van der Waals surface area contributed by atoms with Crippen LogP contribution in [0.2, 0.25) is 0 Å². The van der Waals surface area contributed by atoms with Crippen LogP contribution >= 0.6 is 0 Å². The number of rotatable bonds is 10. The molecular formula is C37H46O4. The topological polar surface area (TPSA) is 44.8 Å². The minimum atomic E-state index is -0.844. The van der Waals surface area contributed by atoms with Gasteiger partial charge in [-0.2, -0.15) is 0 Å². The average Bonchev–Trinajstić information content (AvgIpc) is 3.54. The Bertz CT molecular complexity index is 1240. The summed E-state index contributed by atoms with van der Waals surface area (Å²) in [6.07, 6.45) is 3.33. The van der Waals surface area contributed by atoms with Crippen LogP contribution in [-0.2, 0) is 19.9 Å². The van der Waals surface area contributed by atoms with Crippen LogP contribution in [0.4, 0.5) is 0 Å². The van der Waals surface area contributed by atoms with Gasteiger partial charge in [0.2, 0.25) is 0 Å². The van der Waals surface area contributed by atoms with Gasteiger partial charge in [-0.1, -0.05) is 114 Å². The molecule has 0 aromatic heterocycles. The summed E-state index contributed by atoms with van der Waals surface area (Å²) in [4.78, 5) is 13.7. The van der Waals surface area contributed by atoms with E-state index in [1.54, 1.807) is 7.11 Å². The molecule has 4 heteroatoms. The smallest absolute Gasteiger partial charge is 0.310 e. The van der Waals surface area contributed by atoms with E-state index in [1.165, 1.54) is 6.42 Å². The molecule has 0 heterocycles. The molecule has 5 unspecified atom stereocenters. The summed E-state index contributed by atoms with van der Waals surface area (Å²) in [6, 6.07) is 28.9. The Balaban J connectivity index is 1.44. The molecule has 3 aromatic carbocycles. The molecule has 4 nitrogen and oxygen atoms in total. The van der Waals surface area contributed by atoms with Gasteiger partial charge >= 0.3 is 5.97 Å². The van der Waals surface area contributed by atoms with Crippen molar-refractivity contribution in [2.45, 2.75) is 65.6 Å². The Morgan fingerprint density at radius 3 is 1.98 bits per heavy atom. The average molecular weight is 555 g/mol. The lowest BCUT2D eigenvalue weighted by atomic mass is 9.75. The Labute approximate surface area is 246 Å². The van der Waals surface area contributed by atoms with Crippen molar-refractivity contribution in [3.63, 3.8) is 0 Å². The second kappa shape index (κ2) is 12.0. The zero-order valence-electron chi connectivity index (χ0n) is 25.5. The molecule has 2 aliphatic rings. The lowest BCUT2D eigenvalue weighted by Gasteiger charge is -2.37. The van der Waals surface area contributed by atoms with Crippen molar-refractivity contribution in [2.75, 3.05) is 13.7 Å². The molecular weight excluding hydrogens is 508 g/mol. The molecule has 2 saturated carbocycles. The molecule has 0 bridgehead atoms. The van der Waals surface area contributed by atoms with Gasteiger partial charge in [0.15, 0.2) is 0 Å². The lowest BCUT2D eigenvalue weighted by Crippen LogP contribution is -2.36. The Morgan fingerprint density at radius 2 is 1.44 bits per heavy atom. The molecule has 41 heavy (non-hydrogen) atoms. The maximum atomic E-state index is 13.7. The number of ether oxygens (including phenoxy) is 3. The molecule has 0 N–H and O–H groups in total. The summed E-state index contributed by atoms with van der Waals surface area (Å²) in [5, 5.41) is 0. The highest BCUT2D eigenvalue weighted by atomic mass is 16.5. The van der Waals surface area contributed by atoms with E-state index in [0.29, 0.717) is 24.4 Å². The fourth-order valence-electron chi connectivity index (χ4n) is 7.13. The monoisotopic (exact) mass is 554 g/mol. The highest BCUT2D eigenvalue weighted by Crippen LogP contribution is 2.60. The maximum absolute atomic E-state index is 13.7. The van der Waals surface area contributed by atoms with Gasteiger partial charge in [0.25, 0.3) is 0 Å². The zero-order valence-corrected chi connectivity index (χ0v) is 25.5. The third-order valence-electron chi connectivity index (χ3n) is 9.87. The van der Waals surface area contributed by atoms with Crippen molar-refractivity contribution in [1.29, 1.82) is 0 Å². The predicted octanol–water partition coefficient (Wildman–Crippen LogP) is 8.28. The first-order chi connectivity index (χ1) is 19.7. The molecule has 2 fully saturated rings. The molecule has 3 aromatic rings. The van der Waals surface area contributed by atoms with E-state index in [0.717, 1.165) is 35.3 Å². The largest absolute Gasteiger partial charge is 0.497 e. The summed E-state index contributed by atoms with van der Waals surface area (Å²) < 4.78 is 18.9. The van der Waals surface area contributed by atoms with Crippen LogP contribution in [-0.4, -0.2) is 25.8 Å². The first-order valence-corrected chi connectivity index (χ1v) is 15.3. The molecule has 0 amide bonds. The molecule has 0 saturated heterocycles. The number of methoxy groups -OCH3 is 1. The second-order valence-electron chi connectivity index (χ2n) is 13.2. The van der Waals surface area contributed by atoms with Gasteiger partial charge in [-0.3, -0.25) is 4.79 Å². The highest BCUT2D eigenvalue weighted by Gasteiger charge is 2.63. The first kappa shape index (κ1) is 29.4. The molecule has 0 spiro atoms. The van der Waals surface area contributed by atoms with Crippen molar-refractivity contribution < 1.29 is 19.0 Å². The number of benzene rings is 3. The normalized spacial score (nSPS) is 25.5. The van der Waals surface area contributed by atoms with Crippen LogP contribution in [0, 0.1) is 35.0 Å². The molecule has 2 aliphatic carbocycles. The lowest BCUT2D eigenvalue weighted by molar-refractivity contribution is -0.159. The minimum absolute atomic E-state index is 0.0104. The van der Waals surface area contributed by atoms with Gasteiger partial charge in [-0.15, -0.1) is 0 Å². The maximum Gasteiger partial charge on any atom is 0.310 e. The Morgan fingerprint density at radius 1 is 0.878 bits per heavy atom. The molecule has 5 rings (SSSR count). The summed E-state index contributed by atoms with van der Waals surface area (Å²) in [5.74, 6) is 2.18. The fourth-order valence-corrected chi connectivity index (χ4v) is 7.13. The van der Waals surface area contributed by atoms with Gasteiger partial charge in [-0.05, 0) is 64.8 Å². The van der Waals surface area contributed by atoms with Gasteiger partial charge in [0, 0.05) is 5.92 Å². The van der Waals surface area contributed by atoms with Crippen molar-refractivity contribution >= 4 is 5.97 Å². The van der Waals surface area contributed by atoms with E-state index in [2.05, 4.69) is 95.3 Å². The Kier molecular flexibility index (Phi) is 8.61. The van der Waals surface area contributed by atoms with Crippen LogP contribution in [0.25, 0.3) is 0 Å². The standard InChI is InChI=1S/C37H46O4/c1-25(2)31-22-17-26(3)23-33(31)41-35(38)34-32(36(34,4)5)24-40-37(27-13-9-7-10-14-27,28-15-11-8-12-16-28)29-18-20-30(39-6)21-19-29/h7-16,18-21,25-26,31-34H,17,22-24H2,1-6H3. The summed E-state index contributed by atoms with van der Waals surface area (Å²) in [6.45, 7) is 11.6. The van der Waals surface area contributed by atoms with Crippen molar-refractivity contribution in [1.82, 2.24) is 0 Å². The predicted molar refractivity (Wildman–Crippen MR) is 164 cm³/mol. The molecule has 0 radical (unpaired) electrons. The number of esters is 1. The number of carbonyl (C=O) groups is 1. The number of hydrogen-bond acceptors (Lipinski definition) is 4. The number of carbonyl (C=O) groups excluding carboxylic acids is 1. The third-order valence-corrected chi connectivity index (χ3v) is 9.87. The summed E-state index contributed by atoms with van der Waals surface area (Å²) in [7, 11) is 1.68. The Hall–Kier alpha value is -3.11. The van der Waals surface area contributed by atoms with Crippen LogP contribution < -0.4 is 4.74 Å². The van der Waals surface area contributed by atoms with Crippen molar-refractivity contribution in [2.24, 2.45) is 35.0 Å². The first-order valence-electron chi connectivity index (χ1n) is 15.3. The quantitative estimate of drug-likeness (QED) is 0.187.